The van der Waals surface area contributed by atoms with E-state index in [0.29, 0.717) is 26.2 Å². The van der Waals surface area contributed by atoms with Crippen LogP contribution in [0.15, 0.2) is 18.2 Å². The van der Waals surface area contributed by atoms with Crippen LogP contribution in [0.1, 0.15) is 18.1 Å². The molecule has 2 aliphatic heterocycles. The third-order valence-electron chi connectivity index (χ3n) is 4.23. The molecular weight excluding hydrogens is 270 g/mol. The largest absolute Gasteiger partial charge is 0.465 e. The lowest BCUT2D eigenvalue weighted by molar-refractivity contribution is -0.132. The Hall–Kier alpha value is -2.24. The maximum atomic E-state index is 11.2. The number of carboxylic acid groups (broad SMARTS) is 1. The van der Waals surface area contributed by atoms with Crippen molar-refractivity contribution in [3.8, 4) is 0 Å². The zero-order valence-corrected chi connectivity index (χ0v) is 12.0. The highest BCUT2D eigenvalue weighted by Gasteiger charge is 2.30. The summed E-state index contributed by atoms with van der Waals surface area (Å²) in [5, 5.41) is 12.6. The molecule has 1 fully saturated rings. The van der Waals surface area contributed by atoms with Gasteiger partial charge in [0.15, 0.2) is 0 Å². The highest BCUT2D eigenvalue weighted by atomic mass is 16.4. The molecule has 0 atom stereocenters. The van der Waals surface area contributed by atoms with Crippen molar-refractivity contribution in [2.24, 2.45) is 0 Å². The molecule has 6 heteroatoms. The molecule has 1 saturated heterocycles. The number of amides is 2. The van der Waals surface area contributed by atoms with E-state index in [1.165, 1.54) is 10.5 Å². The monoisotopic (exact) mass is 289 g/mol. The fourth-order valence-corrected chi connectivity index (χ4v) is 2.93. The molecule has 2 aliphatic rings. The first-order valence-electron chi connectivity index (χ1n) is 7.15. The first kappa shape index (κ1) is 13.7. The maximum Gasteiger partial charge on any atom is 0.407 e. The molecule has 0 aliphatic carbocycles. The van der Waals surface area contributed by atoms with Crippen LogP contribution < -0.4 is 5.32 Å². The fourth-order valence-electron chi connectivity index (χ4n) is 2.93. The number of benzene rings is 1. The molecule has 1 aromatic carbocycles. The van der Waals surface area contributed by atoms with Crippen LogP contribution in [0.3, 0.4) is 0 Å². The van der Waals surface area contributed by atoms with Crippen molar-refractivity contribution >= 4 is 17.7 Å². The van der Waals surface area contributed by atoms with Gasteiger partial charge in [-0.3, -0.25) is 4.79 Å². The van der Waals surface area contributed by atoms with Crippen LogP contribution in [0.2, 0.25) is 0 Å². The van der Waals surface area contributed by atoms with Crippen molar-refractivity contribution in [1.82, 2.24) is 9.80 Å². The van der Waals surface area contributed by atoms with Crippen molar-refractivity contribution in [2.75, 3.05) is 25.0 Å². The van der Waals surface area contributed by atoms with Gasteiger partial charge in [0.05, 0.1) is 12.6 Å². The predicted molar refractivity (Wildman–Crippen MR) is 78.2 cm³/mol. The highest BCUT2D eigenvalue weighted by molar-refractivity contribution is 5.74. The summed E-state index contributed by atoms with van der Waals surface area (Å²) < 4.78 is 0. The van der Waals surface area contributed by atoms with Gasteiger partial charge in [-0.2, -0.15) is 0 Å². The Morgan fingerprint density at radius 2 is 2.05 bits per heavy atom. The molecule has 0 spiro atoms. The number of rotatable bonds is 2. The van der Waals surface area contributed by atoms with Crippen LogP contribution in [0, 0.1) is 0 Å². The van der Waals surface area contributed by atoms with Gasteiger partial charge in [0.1, 0.15) is 0 Å². The van der Waals surface area contributed by atoms with E-state index >= 15 is 0 Å². The van der Waals surface area contributed by atoms with Crippen molar-refractivity contribution in [3.05, 3.63) is 29.3 Å². The quantitative estimate of drug-likeness (QED) is 0.862. The van der Waals surface area contributed by atoms with Gasteiger partial charge in [-0.25, -0.2) is 4.79 Å². The lowest BCUT2D eigenvalue weighted by Gasteiger charge is -2.40. The number of carbonyl (C=O) groups is 2. The summed E-state index contributed by atoms with van der Waals surface area (Å²) in [6.07, 6.45) is -0.122. The molecule has 0 radical (unpaired) electrons. The molecule has 3 rings (SSSR count). The predicted octanol–water partition coefficient (Wildman–Crippen LogP) is 1.37. The van der Waals surface area contributed by atoms with Crippen LogP contribution in [-0.4, -0.2) is 52.6 Å². The summed E-state index contributed by atoms with van der Waals surface area (Å²) in [5.41, 5.74) is 3.26. The van der Waals surface area contributed by atoms with Crippen molar-refractivity contribution in [2.45, 2.75) is 25.9 Å². The number of fused-ring (bicyclic) bond motifs is 1. The average molecular weight is 289 g/mol. The Morgan fingerprint density at radius 1 is 1.29 bits per heavy atom. The van der Waals surface area contributed by atoms with E-state index in [-0.39, 0.29) is 11.9 Å². The Morgan fingerprint density at radius 3 is 2.71 bits per heavy atom. The van der Waals surface area contributed by atoms with E-state index < -0.39 is 6.09 Å². The minimum Gasteiger partial charge on any atom is -0.465 e. The lowest BCUT2D eigenvalue weighted by Crippen LogP contribution is -2.56. The Bertz CT molecular complexity index is 582. The summed E-state index contributed by atoms with van der Waals surface area (Å²) in [5.74, 6) is 0.0974. The summed E-state index contributed by atoms with van der Waals surface area (Å²) in [6.45, 7) is 3.97. The van der Waals surface area contributed by atoms with Crippen LogP contribution in [-0.2, 0) is 17.8 Å². The summed E-state index contributed by atoms with van der Waals surface area (Å²) >= 11 is 0. The fraction of sp³-hybridized carbons (Fsp3) is 0.467. The summed E-state index contributed by atoms with van der Waals surface area (Å²) in [7, 11) is 0. The van der Waals surface area contributed by atoms with Gasteiger partial charge >= 0.3 is 6.09 Å². The highest BCUT2D eigenvalue weighted by Crippen LogP contribution is 2.28. The Labute approximate surface area is 123 Å². The number of nitrogens with one attached hydrogen (secondary N) is 1. The molecule has 6 nitrogen and oxygen atoms in total. The van der Waals surface area contributed by atoms with E-state index in [4.69, 9.17) is 5.11 Å². The van der Waals surface area contributed by atoms with Crippen LogP contribution in [0.5, 0.6) is 0 Å². The maximum absolute atomic E-state index is 11.2. The van der Waals surface area contributed by atoms with E-state index in [1.807, 2.05) is 12.1 Å². The van der Waals surface area contributed by atoms with Gasteiger partial charge < -0.3 is 20.2 Å². The van der Waals surface area contributed by atoms with E-state index in [1.54, 1.807) is 11.8 Å². The second kappa shape index (κ2) is 5.27. The van der Waals surface area contributed by atoms with Crippen molar-refractivity contribution in [3.63, 3.8) is 0 Å². The molecule has 0 unspecified atom stereocenters. The van der Waals surface area contributed by atoms with Gasteiger partial charge in [0.25, 0.3) is 0 Å². The molecule has 2 N–H and O–H groups in total. The summed E-state index contributed by atoms with van der Waals surface area (Å²) in [6, 6.07) is 6.29. The molecule has 0 bridgehead atoms. The smallest absolute Gasteiger partial charge is 0.407 e. The zero-order chi connectivity index (χ0) is 15.0. The second-order valence-corrected chi connectivity index (χ2v) is 5.66. The minimum atomic E-state index is -0.873. The standard InChI is InChI=1S/C15H19N3O3/c1-10(19)18-7-12(8-18)16-14-4-2-3-11-5-6-17(15(20)21)9-13(11)14/h2-4,12,16H,5-9H2,1H3,(H,20,21). The van der Waals surface area contributed by atoms with Crippen molar-refractivity contribution < 1.29 is 14.7 Å². The van der Waals surface area contributed by atoms with Gasteiger partial charge in [0, 0.05) is 32.2 Å². The first-order valence-corrected chi connectivity index (χ1v) is 7.15. The molecule has 2 amide bonds. The summed E-state index contributed by atoms with van der Waals surface area (Å²) in [4.78, 5) is 25.6. The number of hydrogen-bond acceptors (Lipinski definition) is 3. The molecule has 21 heavy (non-hydrogen) atoms. The number of hydrogen-bond donors (Lipinski definition) is 2. The van der Waals surface area contributed by atoms with Crippen LogP contribution in [0.25, 0.3) is 0 Å². The SMILES string of the molecule is CC(=O)N1CC(Nc2cccc3c2CN(C(=O)O)CC3)C1. The third kappa shape index (κ3) is 2.66. The topological polar surface area (TPSA) is 72.9 Å². The van der Waals surface area contributed by atoms with Gasteiger partial charge in [-0.15, -0.1) is 0 Å². The molecule has 1 aromatic rings. The number of carbonyl (C=O) groups excluding carboxylic acids is 1. The van der Waals surface area contributed by atoms with E-state index in [2.05, 4.69) is 11.4 Å². The molecule has 112 valence electrons. The molecule has 0 aromatic heterocycles. The molecule has 0 saturated carbocycles. The minimum absolute atomic E-state index is 0.0974. The number of likely N-dealkylation sites (tertiary alicyclic amines) is 1. The lowest BCUT2D eigenvalue weighted by atomic mass is 9.97. The van der Waals surface area contributed by atoms with Crippen LogP contribution in [0.4, 0.5) is 10.5 Å². The Balaban J connectivity index is 1.72. The third-order valence-corrected chi connectivity index (χ3v) is 4.23. The van der Waals surface area contributed by atoms with Gasteiger partial charge in [-0.05, 0) is 23.6 Å². The average Bonchev–Trinajstić information content (AvgIpc) is 2.41. The number of anilines is 1. The van der Waals surface area contributed by atoms with E-state index in [0.717, 1.165) is 17.7 Å². The Kier molecular flexibility index (Phi) is 3.45. The normalized spacial score (nSPS) is 18.0. The molecule has 2 heterocycles. The molecular formula is C15H19N3O3. The van der Waals surface area contributed by atoms with Crippen molar-refractivity contribution in [1.29, 1.82) is 0 Å². The van der Waals surface area contributed by atoms with Gasteiger partial charge in [-0.1, -0.05) is 12.1 Å². The first-order chi connectivity index (χ1) is 10.0. The number of nitrogens with zero attached hydrogens (tertiary/aromatic N) is 2. The second-order valence-electron chi connectivity index (χ2n) is 5.66. The van der Waals surface area contributed by atoms with E-state index in [9.17, 15) is 9.59 Å². The van der Waals surface area contributed by atoms with Gasteiger partial charge in [0.2, 0.25) is 5.91 Å². The van der Waals surface area contributed by atoms with Crippen LogP contribution >= 0.6 is 0 Å². The zero-order valence-electron chi connectivity index (χ0n) is 12.0.